The number of ether oxygens (including phenoxy) is 1. The Bertz CT molecular complexity index is 533. The second-order valence-electron chi connectivity index (χ2n) is 7.18. The summed E-state index contributed by atoms with van der Waals surface area (Å²) < 4.78 is 5.75. The lowest BCUT2D eigenvalue weighted by Crippen LogP contribution is -2.47. The third-order valence-corrected chi connectivity index (χ3v) is 3.87. The fraction of sp³-hybridized carbons (Fsp3) is 0.579. The van der Waals surface area contributed by atoms with Gasteiger partial charge in [0.25, 0.3) is 0 Å². The van der Waals surface area contributed by atoms with E-state index < -0.39 is 17.7 Å². The molecule has 0 saturated heterocycles. The first kappa shape index (κ1) is 20.0. The van der Waals surface area contributed by atoms with Gasteiger partial charge in [0, 0.05) is 5.54 Å². The molecule has 0 bridgehead atoms. The van der Waals surface area contributed by atoms with Crippen molar-refractivity contribution in [3.63, 3.8) is 0 Å². The van der Waals surface area contributed by atoms with Gasteiger partial charge in [-0.25, -0.2) is 4.79 Å². The normalized spacial score (nSPS) is 13.9. The summed E-state index contributed by atoms with van der Waals surface area (Å²) in [6.07, 6.45) is 1.79. The van der Waals surface area contributed by atoms with Crippen LogP contribution in [0.3, 0.4) is 0 Å². The predicted octanol–water partition coefficient (Wildman–Crippen LogP) is 4.52. The summed E-state index contributed by atoms with van der Waals surface area (Å²) in [5, 5.41) is 9.46. The molecule has 1 N–H and O–H groups in total. The molecule has 1 rings (SSSR count). The number of benzene rings is 1. The van der Waals surface area contributed by atoms with Crippen molar-refractivity contribution in [2.75, 3.05) is 6.61 Å². The van der Waals surface area contributed by atoms with E-state index in [-0.39, 0.29) is 0 Å². The minimum atomic E-state index is -1.12. The van der Waals surface area contributed by atoms with Crippen molar-refractivity contribution in [3.05, 3.63) is 29.8 Å². The Morgan fingerprint density at radius 3 is 2.29 bits per heavy atom. The van der Waals surface area contributed by atoms with Crippen LogP contribution >= 0.6 is 0 Å². The van der Waals surface area contributed by atoms with Gasteiger partial charge in [0.05, 0.1) is 6.61 Å². The molecule has 0 aliphatic carbocycles. The maximum atomic E-state index is 11.6. The van der Waals surface area contributed by atoms with E-state index in [4.69, 9.17) is 4.74 Å². The number of carboxylic acid groups (broad SMARTS) is 1. The van der Waals surface area contributed by atoms with Crippen molar-refractivity contribution in [3.8, 4) is 5.75 Å². The summed E-state index contributed by atoms with van der Waals surface area (Å²) in [5.41, 5.74) is -0.0430. The SMILES string of the molecule is CCCC(C)COc1ccc([C@H](C=O)N(C(=O)O)C(C)(C)C)cc1. The van der Waals surface area contributed by atoms with E-state index in [1.807, 2.05) is 0 Å². The maximum absolute atomic E-state index is 11.6. The molecule has 0 radical (unpaired) electrons. The average molecular weight is 335 g/mol. The van der Waals surface area contributed by atoms with Crippen LogP contribution in [0.1, 0.15) is 59.1 Å². The first-order valence-corrected chi connectivity index (χ1v) is 8.41. The Morgan fingerprint density at radius 1 is 1.29 bits per heavy atom. The molecule has 0 spiro atoms. The Balaban J connectivity index is 2.88. The molecule has 24 heavy (non-hydrogen) atoms. The number of hydrogen-bond acceptors (Lipinski definition) is 3. The molecule has 1 amide bonds. The monoisotopic (exact) mass is 335 g/mol. The fourth-order valence-electron chi connectivity index (χ4n) is 2.69. The van der Waals surface area contributed by atoms with Crippen LogP contribution in [0.2, 0.25) is 0 Å². The Kier molecular flexibility index (Phi) is 7.26. The average Bonchev–Trinajstić information content (AvgIpc) is 2.49. The number of hydrogen-bond donors (Lipinski definition) is 1. The van der Waals surface area contributed by atoms with Gasteiger partial charge >= 0.3 is 6.09 Å². The van der Waals surface area contributed by atoms with E-state index in [0.717, 1.165) is 18.6 Å². The molecule has 0 saturated carbocycles. The van der Waals surface area contributed by atoms with E-state index in [0.29, 0.717) is 24.4 Å². The number of carbonyl (C=O) groups is 2. The first-order chi connectivity index (χ1) is 11.2. The van der Waals surface area contributed by atoms with Gasteiger partial charge in [-0.15, -0.1) is 0 Å². The fourth-order valence-corrected chi connectivity index (χ4v) is 2.69. The standard InChI is InChI=1S/C19H29NO4/c1-6-7-14(2)13-24-16-10-8-15(9-11-16)17(12-21)20(18(22)23)19(3,4)5/h8-12,14,17H,6-7,13H2,1-5H3,(H,22,23)/t14?,17-/m0/s1. The van der Waals surface area contributed by atoms with Crippen LogP contribution < -0.4 is 4.74 Å². The Morgan fingerprint density at radius 2 is 1.88 bits per heavy atom. The first-order valence-electron chi connectivity index (χ1n) is 8.41. The van der Waals surface area contributed by atoms with Crippen LogP contribution in [-0.2, 0) is 4.79 Å². The molecule has 134 valence electrons. The highest BCUT2D eigenvalue weighted by atomic mass is 16.5. The van der Waals surface area contributed by atoms with Crippen LogP contribution in [-0.4, -0.2) is 34.5 Å². The van der Waals surface area contributed by atoms with E-state index in [1.165, 1.54) is 4.90 Å². The lowest BCUT2D eigenvalue weighted by atomic mass is 9.99. The molecular weight excluding hydrogens is 306 g/mol. The molecule has 1 aromatic rings. The molecule has 2 atom stereocenters. The van der Waals surface area contributed by atoms with Crippen LogP contribution in [0.4, 0.5) is 4.79 Å². The van der Waals surface area contributed by atoms with Gasteiger partial charge in [-0.3, -0.25) is 4.90 Å². The van der Waals surface area contributed by atoms with Crippen molar-refractivity contribution in [2.24, 2.45) is 5.92 Å². The Labute approximate surface area is 144 Å². The summed E-state index contributed by atoms with van der Waals surface area (Å²) in [4.78, 5) is 24.3. The summed E-state index contributed by atoms with van der Waals surface area (Å²) >= 11 is 0. The molecule has 0 aliphatic heterocycles. The van der Waals surface area contributed by atoms with E-state index in [9.17, 15) is 14.7 Å². The third kappa shape index (κ3) is 5.55. The van der Waals surface area contributed by atoms with Crippen LogP contribution in [0.15, 0.2) is 24.3 Å². The third-order valence-electron chi connectivity index (χ3n) is 3.87. The molecule has 1 aromatic carbocycles. The quantitative estimate of drug-likeness (QED) is 0.709. The van der Waals surface area contributed by atoms with Crippen molar-refractivity contribution in [1.82, 2.24) is 4.90 Å². The van der Waals surface area contributed by atoms with Gasteiger partial charge in [-0.05, 0) is 50.8 Å². The highest BCUT2D eigenvalue weighted by Gasteiger charge is 2.34. The smallest absolute Gasteiger partial charge is 0.408 e. The van der Waals surface area contributed by atoms with Crippen molar-refractivity contribution >= 4 is 12.4 Å². The molecule has 1 unspecified atom stereocenters. The zero-order valence-corrected chi connectivity index (χ0v) is 15.3. The van der Waals surface area contributed by atoms with E-state index in [2.05, 4.69) is 13.8 Å². The molecule has 0 fully saturated rings. The van der Waals surface area contributed by atoms with Crippen molar-refractivity contribution in [2.45, 2.75) is 59.0 Å². The van der Waals surface area contributed by atoms with E-state index >= 15 is 0 Å². The van der Waals surface area contributed by atoms with Crippen molar-refractivity contribution < 1.29 is 19.4 Å². The van der Waals surface area contributed by atoms with Gasteiger partial charge in [-0.1, -0.05) is 32.4 Å². The van der Waals surface area contributed by atoms with Gasteiger partial charge in [-0.2, -0.15) is 0 Å². The molecule has 5 heteroatoms. The summed E-state index contributed by atoms with van der Waals surface area (Å²) in [5.74, 6) is 1.21. The van der Waals surface area contributed by atoms with Crippen molar-refractivity contribution in [1.29, 1.82) is 0 Å². The molecular formula is C19H29NO4. The lowest BCUT2D eigenvalue weighted by molar-refractivity contribution is -0.113. The summed E-state index contributed by atoms with van der Waals surface area (Å²) in [6.45, 7) is 10.2. The zero-order valence-electron chi connectivity index (χ0n) is 15.3. The lowest BCUT2D eigenvalue weighted by Gasteiger charge is -2.37. The zero-order chi connectivity index (χ0) is 18.3. The number of rotatable bonds is 8. The highest BCUT2D eigenvalue weighted by molar-refractivity contribution is 5.74. The number of aldehydes is 1. The summed E-state index contributed by atoms with van der Waals surface area (Å²) in [7, 11) is 0. The predicted molar refractivity (Wildman–Crippen MR) is 94.4 cm³/mol. The van der Waals surface area contributed by atoms with Gasteiger partial charge in [0.1, 0.15) is 18.1 Å². The molecule has 0 aliphatic rings. The molecule has 0 aromatic heterocycles. The number of nitrogens with zero attached hydrogens (tertiary/aromatic N) is 1. The number of amides is 1. The number of carbonyl (C=O) groups excluding carboxylic acids is 1. The minimum absolute atomic E-state index is 0.487. The van der Waals surface area contributed by atoms with Crippen LogP contribution in [0, 0.1) is 5.92 Å². The van der Waals surface area contributed by atoms with Crippen LogP contribution in [0.25, 0.3) is 0 Å². The summed E-state index contributed by atoms with van der Waals surface area (Å²) in [6, 6.07) is 6.23. The molecule has 0 heterocycles. The Hall–Kier alpha value is -2.04. The maximum Gasteiger partial charge on any atom is 0.408 e. The van der Waals surface area contributed by atoms with Crippen LogP contribution in [0.5, 0.6) is 5.75 Å². The second kappa shape index (κ2) is 8.71. The molecule has 5 nitrogen and oxygen atoms in total. The van der Waals surface area contributed by atoms with Gasteiger partial charge < -0.3 is 14.6 Å². The second-order valence-corrected chi connectivity index (χ2v) is 7.18. The largest absolute Gasteiger partial charge is 0.493 e. The minimum Gasteiger partial charge on any atom is -0.493 e. The van der Waals surface area contributed by atoms with Gasteiger partial charge in [0.2, 0.25) is 0 Å². The van der Waals surface area contributed by atoms with Gasteiger partial charge in [0.15, 0.2) is 0 Å². The topological polar surface area (TPSA) is 66.8 Å². The van der Waals surface area contributed by atoms with E-state index in [1.54, 1.807) is 45.0 Å². The highest BCUT2D eigenvalue weighted by Crippen LogP contribution is 2.28.